The lowest BCUT2D eigenvalue weighted by molar-refractivity contribution is -0.141. The molecule has 0 aromatic rings. The Morgan fingerprint density at radius 1 is 0.880 bits per heavy atom. The second-order valence-electron chi connectivity index (χ2n) is 5.89. The number of rotatable bonds is 15. The van der Waals surface area contributed by atoms with Gasteiger partial charge in [-0.05, 0) is 25.6 Å². The van der Waals surface area contributed by atoms with E-state index in [1.807, 2.05) is 6.55 Å². The third-order valence-corrected chi connectivity index (χ3v) is 7.16. The van der Waals surface area contributed by atoms with E-state index in [4.69, 9.17) is 13.6 Å². The monoisotopic (exact) mass is 378 g/mol. The molecule has 0 radical (unpaired) electrons. The van der Waals surface area contributed by atoms with Crippen LogP contribution < -0.4 is 5.32 Å². The molecule has 0 atom stereocenters. The van der Waals surface area contributed by atoms with Gasteiger partial charge in [-0.25, -0.2) is 0 Å². The third-order valence-electron chi connectivity index (χ3n) is 4.17. The zero-order chi connectivity index (χ0) is 19.1. The van der Waals surface area contributed by atoms with Gasteiger partial charge in [-0.15, -0.1) is 0 Å². The molecule has 0 spiro atoms. The molecular weight excluding hydrogens is 344 g/mol. The Morgan fingerprint density at radius 3 is 2.04 bits per heavy atom. The van der Waals surface area contributed by atoms with E-state index in [2.05, 4.69) is 15.0 Å². The molecule has 0 heterocycles. The van der Waals surface area contributed by atoms with Gasteiger partial charge in [0.2, 0.25) is 0 Å². The van der Waals surface area contributed by atoms with Crippen LogP contribution in [0.1, 0.15) is 19.3 Å². The van der Waals surface area contributed by atoms with Gasteiger partial charge >= 0.3 is 20.5 Å². The van der Waals surface area contributed by atoms with E-state index in [9.17, 15) is 9.59 Å². The molecule has 0 rings (SSSR count). The van der Waals surface area contributed by atoms with Gasteiger partial charge in [-0.1, -0.05) is 0 Å². The second-order valence-corrected chi connectivity index (χ2v) is 9.47. The first-order valence-electron chi connectivity index (χ1n) is 8.57. The van der Waals surface area contributed by atoms with Crippen molar-refractivity contribution < 1.29 is 27.9 Å². The average molecular weight is 379 g/mol. The number of hydrogen-bond acceptors (Lipinski definition) is 8. The minimum Gasteiger partial charge on any atom is -0.469 e. The van der Waals surface area contributed by atoms with E-state index in [1.54, 1.807) is 14.2 Å². The number of hydrogen-bond donors (Lipinski definition) is 1. The fourth-order valence-corrected chi connectivity index (χ4v) is 3.63. The van der Waals surface area contributed by atoms with Crippen molar-refractivity contribution in [2.24, 2.45) is 0 Å². The van der Waals surface area contributed by atoms with Gasteiger partial charge in [0.05, 0.1) is 27.1 Å². The number of methoxy groups -OCH3 is 2. The van der Waals surface area contributed by atoms with Gasteiger partial charge in [0.25, 0.3) is 0 Å². The highest BCUT2D eigenvalue weighted by Crippen LogP contribution is 2.14. The van der Waals surface area contributed by atoms with Crippen LogP contribution in [-0.2, 0) is 27.9 Å². The summed E-state index contributed by atoms with van der Waals surface area (Å²) in [5.74, 6) is -0.435. The van der Waals surface area contributed by atoms with Crippen molar-refractivity contribution in [1.82, 2.24) is 10.2 Å². The van der Waals surface area contributed by atoms with Gasteiger partial charge in [0, 0.05) is 40.4 Å². The van der Waals surface area contributed by atoms with E-state index in [0.29, 0.717) is 25.9 Å². The van der Waals surface area contributed by atoms with E-state index in [1.165, 1.54) is 14.2 Å². The van der Waals surface area contributed by atoms with Crippen molar-refractivity contribution in [1.29, 1.82) is 0 Å². The maximum atomic E-state index is 11.4. The number of carbonyl (C=O) groups is 2. The normalized spacial score (nSPS) is 11.6. The molecular formula is C16H34N2O6Si. The number of esters is 2. The highest BCUT2D eigenvalue weighted by Gasteiger charge is 2.28. The second kappa shape index (κ2) is 14.2. The Morgan fingerprint density at radius 2 is 1.48 bits per heavy atom. The molecule has 25 heavy (non-hydrogen) atoms. The first-order valence-corrected chi connectivity index (χ1v) is 11.1. The van der Waals surface area contributed by atoms with Crippen LogP contribution in [0.3, 0.4) is 0 Å². The standard InChI is InChI=1S/C16H34N2O6Si/c1-21-15(19)7-9-17-10-13-18(12-8-16(20)22-2)11-6-14-25(5,23-3)24-4/h17H,6-14H2,1-5H3. The fraction of sp³-hybridized carbons (Fsp3) is 0.875. The van der Waals surface area contributed by atoms with Crippen molar-refractivity contribution in [2.45, 2.75) is 31.9 Å². The molecule has 0 unspecified atom stereocenters. The highest BCUT2D eigenvalue weighted by atomic mass is 28.4. The molecule has 0 bridgehead atoms. The van der Waals surface area contributed by atoms with Crippen molar-refractivity contribution in [2.75, 3.05) is 61.2 Å². The third kappa shape index (κ3) is 12.1. The largest absolute Gasteiger partial charge is 0.469 e. The van der Waals surface area contributed by atoms with Gasteiger partial charge < -0.3 is 28.5 Å². The van der Waals surface area contributed by atoms with Crippen molar-refractivity contribution in [3.63, 3.8) is 0 Å². The molecule has 0 aliphatic rings. The van der Waals surface area contributed by atoms with Crippen LogP contribution in [0.25, 0.3) is 0 Å². The van der Waals surface area contributed by atoms with Crippen LogP contribution in [0.5, 0.6) is 0 Å². The number of nitrogens with zero attached hydrogens (tertiary/aromatic N) is 1. The van der Waals surface area contributed by atoms with Crippen LogP contribution in [0, 0.1) is 0 Å². The summed E-state index contributed by atoms with van der Waals surface area (Å²) in [5, 5.41) is 3.21. The zero-order valence-corrected chi connectivity index (χ0v) is 17.3. The highest BCUT2D eigenvalue weighted by molar-refractivity contribution is 6.65. The first kappa shape index (κ1) is 24.0. The van der Waals surface area contributed by atoms with Gasteiger partial charge in [-0.3, -0.25) is 9.59 Å². The summed E-state index contributed by atoms with van der Waals surface area (Å²) in [7, 11) is 4.10. The summed E-state index contributed by atoms with van der Waals surface area (Å²) in [6.45, 7) is 5.64. The molecule has 148 valence electrons. The van der Waals surface area contributed by atoms with Gasteiger partial charge in [-0.2, -0.15) is 0 Å². The topological polar surface area (TPSA) is 86.3 Å². The molecule has 0 aromatic carbocycles. The molecule has 0 saturated carbocycles. The molecule has 0 amide bonds. The lowest BCUT2D eigenvalue weighted by Crippen LogP contribution is -2.39. The molecule has 0 aromatic heterocycles. The van der Waals surface area contributed by atoms with Crippen LogP contribution in [0.2, 0.25) is 12.6 Å². The quantitative estimate of drug-likeness (QED) is 0.254. The van der Waals surface area contributed by atoms with Crippen molar-refractivity contribution in [3.05, 3.63) is 0 Å². The molecule has 0 saturated heterocycles. The Bertz CT molecular complexity index is 380. The molecule has 0 fully saturated rings. The predicted octanol–water partition coefficient (Wildman–Crippen LogP) is 0.759. The molecule has 8 nitrogen and oxygen atoms in total. The smallest absolute Gasteiger partial charge is 0.334 e. The minimum atomic E-state index is -2.06. The van der Waals surface area contributed by atoms with Crippen LogP contribution in [0.4, 0.5) is 0 Å². The van der Waals surface area contributed by atoms with E-state index < -0.39 is 8.56 Å². The molecule has 0 aliphatic heterocycles. The molecule has 1 N–H and O–H groups in total. The summed E-state index contributed by atoms with van der Waals surface area (Å²) in [6.07, 6.45) is 1.65. The Balaban J connectivity index is 4.22. The van der Waals surface area contributed by atoms with E-state index in [-0.39, 0.29) is 11.9 Å². The van der Waals surface area contributed by atoms with Gasteiger partial charge in [0.15, 0.2) is 0 Å². The van der Waals surface area contributed by atoms with Crippen molar-refractivity contribution in [3.8, 4) is 0 Å². The number of carbonyl (C=O) groups excluding carboxylic acids is 2. The van der Waals surface area contributed by atoms with E-state index in [0.717, 1.165) is 32.1 Å². The number of ether oxygens (including phenoxy) is 2. The Hall–Kier alpha value is -1.00. The van der Waals surface area contributed by atoms with Crippen LogP contribution in [-0.4, -0.2) is 86.6 Å². The maximum Gasteiger partial charge on any atom is 0.334 e. The van der Waals surface area contributed by atoms with E-state index >= 15 is 0 Å². The zero-order valence-electron chi connectivity index (χ0n) is 16.3. The predicted molar refractivity (Wildman–Crippen MR) is 97.6 cm³/mol. The fourth-order valence-electron chi connectivity index (χ4n) is 2.25. The van der Waals surface area contributed by atoms with Crippen LogP contribution >= 0.6 is 0 Å². The molecule has 9 heteroatoms. The average Bonchev–Trinajstić information content (AvgIpc) is 2.64. The lowest BCUT2D eigenvalue weighted by atomic mass is 10.3. The number of nitrogens with one attached hydrogen (secondary N) is 1. The summed E-state index contributed by atoms with van der Waals surface area (Å²) >= 11 is 0. The summed E-state index contributed by atoms with van der Waals surface area (Å²) in [4.78, 5) is 24.7. The SMILES string of the molecule is COC(=O)CCNCCN(CCC[Si](C)(OC)OC)CCC(=O)OC. The molecule has 0 aliphatic carbocycles. The summed E-state index contributed by atoms with van der Waals surface area (Å²) in [5.41, 5.74) is 0. The lowest BCUT2D eigenvalue weighted by Gasteiger charge is -2.26. The van der Waals surface area contributed by atoms with Gasteiger partial charge in [0.1, 0.15) is 0 Å². The maximum absolute atomic E-state index is 11.4. The summed E-state index contributed by atoms with van der Waals surface area (Å²) in [6, 6.07) is 0.893. The Labute approximate surface area is 152 Å². The summed E-state index contributed by atoms with van der Waals surface area (Å²) < 4.78 is 20.3. The van der Waals surface area contributed by atoms with Crippen molar-refractivity contribution >= 4 is 20.5 Å². The Kier molecular flexibility index (Phi) is 13.6. The minimum absolute atomic E-state index is 0.211. The van der Waals surface area contributed by atoms with Crippen LogP contribution in [0.15, 0.2) is 0 Å². The first-order chi connectivity index (χ1) is 11.9.